The van der Waals surface area contributed by atoms with Gasteiger partial charge in [-0.3, -0.25) is 0 Å². The Morgan fingerprint density at radius 3 is 3.00 bits per heavy atom. The Balaban J connectivity index is 1.65. The maximum atomic E-state index is 5.87. The van der Waals surface area contributed by atoms with Gasteiger partial charge in [-0.05, 0) is 30.7 Å². The predicted molar refractivity (Wildman–Crippen MR) is 71.1 cm³/mol. The second kappa shape index (κ2) is 6.14. The summed E-state index contributed by atoms with van der Waals surface area (Å²) in [6, 6.07) is 4.08. The average molecular weight is 262 g/mol. The molecule has 84 valence electrons. The quantitative estimate of drug-likeness (QED) is 0.885. The summed E-state index contributed by atoms with van der Waals surface area (Å²) < 4.78 is 0.888. The van der Waals surface area contributed by atoms with E-state index in [2.05, 4.69) is 23.1 Å². The van der Waals surface area contributed by atoms with E-state index in [9.17, 15) is 0 Å². The van der Waals surface area contributed by atoms with Crippen molar-refractivity contribution >= 4 is 34.7 Å². The van der Waals surface area contributed by atoms with Gasteiger partial charge in [0, 0.05) is 23.2 Å². The Bertz CT molecular complexity index is 295. The zero-order chi connectivity index (χ0) is 10.5. The Hall–Kier alpha value is 0.300. The zero-order valence-electron chi connectivity index (χ0n) is 8.67. The van der Waals surface area contributed by atoms with Crippen LogP contribution in [0.25, 0.3) is 0 Å². The number of hydrogen-bond donors (Lipinski definition) is 1. The molecule has 1 fully saturated rings. The molecule has 0 amide bonds. The standard InChI is InChI=1S/C11H16ClNS2/c12-11-5-4-10(15-11)8-13-7-9-3-1-2-6-14-9/h4-5,9,13H,1-3,6-8H2. The van der Waals surface area contributed by atoms with Crippen LogP contribution in [0.4, 0.5) is 0 Å². The van der Waals surface area contributed by atoms with Crippen LogP contribution < -0.4 is 5.32 Å². The van der Waals surface area contributed by atoms with E-state index >= 15 is 0 Å². The third-order valence-electron chi connectivity index (χ3n) is 2.57. The highest BCUT2D eigenvalue weighted by atomic mass is 35.5. The van der Waals surface area contributed by atoms with E-state index in [1.807, 2.05) is 6.07 Å². The lowest BCUT2D eigenvalue weighted by molar-refractivity contribution is 0.600. The highest BCUT2D eigenvalue weighted by Gasteiger charge is 2.12. The van der Waals surface area contributed by atoms with Crippen LogP contribution in [0, 0.1) is 0 Å². The Labute approximate surface area is 105 Å². The monoisotopic (exact) mass is 261 g/mol. The number of hydrogen-bond acceptors (Lipinski definition) is 3. The van der Waals surface area contributed by atoms with Gasteiger partial charge in [-0.1, -0.05) is 18.0 Å². The minimum Gasteiger partial charge on any atom is -0.311 e. The maximum absolute atomic E-state index is 5.87. The van der Waals surface area contributed by atoms with E-state index in [0.717, 1.165) is 22.7 Å². The molecule has 1 unspecified atom stereocenters. The van der Waals surface area contributed by atoms with Crippen molar-refractivity contribution in [2.45, 2.75) is 31.1 Å². The molecule has 1 aromatic rings. The van der Waals surface area contributed by atoms with E-state index < -0.39 is 0 Å². The van der Waals surface area contributed by atoms with E-state index in [0.29, 0.717) is 0 Å². The van der Waals surface area contributed by atoms with Gasteiger partial charge in [0.15, 0.2) is 0 Å². The summed E-state index contributed by atoms with van der Waals surface area (Å²) in [6.45, 7) is 2.11. The first kappa shape index (κ1) is 11.8. The van der Waals surface area contributed by atoms with E-state index in [4.69, 9.17) is 11.6 Å². The third-order valence-corrected chi connectivity index (χ3v) is 5.20. The fourth-order valence-electron chi connectivity index (χ4n) is 1.77. The lowest BCUT2D eigenvalue weighted by Gasteiger charge is -2.21. The topological polar surface area (TPSA) is 12.0 Å². The van der Waals surface area contributed by atoms with Gasteiger partial charge in [0.25, 0.3) is 0 Å². The summed E-state index contributed by atoms with van der Waals surface area (Å²) in [5, 5.41) is 4.34. The van der Waals surface area contributed by atoms with E-state index in [1.54, 1.807) is 11.3 Å². The number of rotatable bonds is 4. The lowest BCUT2D eigenvalue weighted by Crippen LogP contribution is -2.26. The van der Waals surface area contributed by atoms with E-state index in [1.165, 1.54) is 29.9 Å². The van der Waals surface area contributed by atoms with Gasteiger partial charge in [0.1, 0.15) is 0 Å². The highest BCUT2D eigenvalue weighted by Crippen LogP contribution is 2.25. The molecule has 1 atom stereocenters. The molecular weight excluding hydrogens is 246 g/mol. The summed E-state index contributed by atoms with van der Waals surface area (Å²) >= 11 is 9.66. The molecule has 15 heavy (non-hydrogen) atoms. The first-order chi connectivity index (χ1) is 7.34. The molecule has 1 nitrogen and oxygen atoms in total. The van der Waals surface area contributed by atoms with Crippen LogP contribution in [0.1, 0.15) is 24.1 Å². The number of halogens is 1. The van der Waals surface area contributed by atoms with Crippen molar-refractivity contribution in [3.05, 3.63) is 21.3 Å². The van der Waals surface area contributed by atoms with Crippen molar-refractivity contribution in [3.63, 3.8) is 0 Å². The van der Waals surface area contributed by atoms with Crippen LogP contribution in [-0.4, -0.2) is 17.5 Å². The fourth-order valence-corrected chi connectivity index (χ4v) is 4.10. The molecular formula is C11H16ClNS2. The number of thiophene rings is 1. The van der Waals surface area contributed by atoms with Gasteiger partial charge in [-0.15, -0.1) is 11.3 Å². The van der Waals surface area contributed by atoms with Gasteiger partial charge >= 0.3 is 0 Å². The van der Waals surface area contributed by atoms with Crippen LogP contribution in [0.2, 0.25) is 4.34 Å². The molecule has 2 heterocycles. The second-order valence-corrected chi connectivity index (χ2v) is 7.03. The zero-order valence-corrected chi connectivity index (χ0v) is 11.1. The van der Waals surface area contributed by atoms with Crippen LogP contribution in [0.3, 0.4) is 0 Å². The maximum Gasteiger partial charge on any atom is 0.0931 e. The second-order valence-electron chi connectivity index (χ2n) is 3.83. The molecule has 1 aromatic heterocycles. The first-order valence-corrected chi connectivity index (χ1v) is 7.65. The molecule has 0 aliphatic carbocycles. The normalized spacial score (nSPS) is 21.8. The number of nitrogens with one attached hydrogen (secondary N) is 1. The van der Waals surface area contributed by atoms with Gasteiger partial charge in [-0.2, -0.15) is 11.8 Å². The van der Waals surface area contributed by atoms with Gasteiger partial charge in [0.2, 0.25) is 0 Å². The average Bonchev–Trinajstić information content (AvgIpc) is 2.66. The first-order valence-electron chi connectivity index (χ1n) is 5.41. The lowest BCUT2D eigenvalue weighted by atomic mass is 10.2. The third kappa shape index (κ3) is 3.99. The minimum atomic E-state index is 0.828. The molecule has 2 rings (SSSR count). The summed E-state index contributed by atoms with van der Waals surface area (Å²) in [6.07, 6.45) is 4.19. The smallest absolute Gasteiger partial charge is 0.0931 e. The molecule has 1 aliphatic rings. The van der Waals surface area contributed by atoms with Crippen molar-refractivity contribution in [2.75, 3.05) is 12.3 Å². The van der Waals surface area contributed by atoms with Crippen molar-refractivity contribution in [1.29, 1.82) is 0 Å². The van der Waals surface area contributed by atoms with Crippen LogP contribution >= 0.6 is 34.7 Å². The van der Waals surface area contributed by atoms with E-state index in [-0.39, 0.29) is 0 Å². The van der Waals surface area contributed by atoms with Gasteiger partial charge < -0.3 is 5.32 Å². The molecule has 0 spiro atoms. The molecule has 0 aromatic carbocycles. The van der Waals surface area contributed by atoms with Crippen molar-refractivity contribution in [2.24, 2.45) is 0 Å². The molecule has 1 saturated heterocycles. The Morgan fingerprint density at radius 1 is 1.40 bits per heavy atom. The SMILES string of the molecule is Clc1ccc(CNCC2CCCCS2)s1. The summed E-state index contributed by atoms with van der Waals surface area (Å²) in [5.74, 6) is 1.34. The van der Waals surface area contributed by atoms with Gasteiger partial charge in [-0.25, -0.2) is 0 Å². The molecule has 0 bridgehead atoms. The minimum absolute atomic E-state index is 0.828. The fraction of sp³-hybridized carbons (Fsp3) is 0.636. The van der Waals surface area contributed by atoms with Crippen LogP contribution in [-0.2, 0) is 6.54 Å². The largest absolute Gasteiger partial charge is 0.311 e. The molecule has 4 heteroatoms. The summed E-state index contributed by atoms with van der Waals surface area (Å²) in [5.41, 5.74) is 0. The number of thioether (sulfide) groups is 1. The Morgan fingerprint density at radius 2 is 2.33 bits per heavy atom. The predicted octanol–water partition coefficient (Wildman–Crippen LogP) is 3.78. The summed E-state index contributed by atoms with van der Waals surface area (Å²) in [4.78, 5) is 1.33. The van der Waals surface area contributed by atoms with Crippen molar-refractivity contribution < 1.29 is 0 Å². The molecule has 0 saturated carbocycles. The Kier molecular flexibility index (Phi) is 4.82. The molecule has 1 N–H and O–H groups in total. The van der Waals surface area contributed by atoms with Crippen LogP contribution in [0.15, 0.2) is 12.1 Å². The molecule has 1 aliphatic heterocycles. The summed E-state index contributed by atoms with van der Waals surface area (Å²) in [7, 11) is 0. The van der Waals surface area contributed by atoms with Crippen LogP contribution in [0.5, 0.6) is 0 Å². The van der Waals surface area contributed by atoms with Crippen molar-refractivity contribution in [1.82, 2.24) is 5.32 Å². The van der Waals surface area contributed by atoms with Gasteiger partial charge in [0.05, 0.1) is 4.34 Å². The molecule has 0 radical (unpaired) electrons. The highest BCUT2D eigenvalue weighted by molar-refractivity contribution is 7.99. The van der Waals surface area contributed by atoms with Crippen molar-refractivity contribution in [3.8, 4) is 0 Å².